The summed E-state index contributed by atoms with van der Waals surface area (Å²) < 4.78 is 17.0. The second kappa shape index (κ2) is 9.12. The van der Waals surface area contributed by atoms with Gasteiger partial charge in [-0.3, -0.25) is 9.69 Å². The van der Waals surface area contributed by atoms with Gasteiger partial charge < -0.3 is 24.0 Å². The number of amides is 1. The first-order valence-electron chi connectivity index (χ1n) is 11.1. The van der Waals surface area contributed by atoms with Crippen LogP contribution in [0.4, 0.5) is 0 Å². The van der Waals surface area contributed by atoms with E-state index in [2.05, 4.69) is 16.8 Å². The summed E-state index contributed by atoms with van der Waals surface area (Å²) in [5, 5.41) is 0. The number of piperazine rings is 1. The van der Waals surface area contributed by atoms with Crippen LogP contribution >= 0.6 is 0 Å². The van der Waals surface area contributed by atoms with Crippen molar-refractivity contribution in [1.82, 2.24) is 14.7 Å². The molecule has 0 saturated carbocycles. The predicted octanol–water partition coefficient (Wildman–Crippen LogP) is 2.10. The molecule has 0 bridgehead atoms. The highest BCUT2D eigenvalue weighted by Crippen LogP contribution is 2.37. The summed E-state index contributed by atoms with van der Waals surface area (Å²) in [7, 11) is 5.39. The lowest BCUT2D eigenvalue weighted by molar-refractivity contribution is -0.132. The number of carbonyl (C=O) groups excluding carboxylic acids is 1. The van der Waals surface area contributed by atoms with Crippen LogP contribution in [-0.2, 0) is 4.74 Å². The number of hydrogen-bond acceptors (Lipinski definition) is 6. The van der Waals surface area contributed by atoms with Crippen LogP contribution < -0.4 is 9.47 Å². The molecule has 166 valence electrons. The Morgan fingerprint density at radius 2 is 1.73 bits per heavy atom. The molecule has 30 heavy (non-hydrogen) atoms. The first kappa shape index (κ1) is 21.4. The van der Waals surface area contributed by atoms with Crippen LogP contribution in [0.3, 0.4) is 0 Å². The summed E-state index contributed by atoms with van der Waals surface area (Å²) in [4.78, 5) is 20.1. The lowest BCUT2D eigenvalue weighted by Gasteiger charge is -2.49. The minimum absolute atomic E-state index is 0.0530. The minimum Gasteiger partial charge on any atom is -0.493 e. The van der Waals surface area contributed by atoms with E-state index in [1.165, 1.54) is 0 Å². The first-order valence-corrected chi connectivity index (χ1v) is 11.1. The van der Waals surface area contributed by atoms with Gasteiger partial charge in [-0.25, -0.2) is 0 Å². The number of methoxy groups -OCH3 is 2. The van der Waals surface area contributed by atoms with E-state index in [4.69, 9.17) is 14.2 Å². The molecule has 1 amide bonds. The second-order valence-electron chi connectivity index (χ2n) is 8.88. The number of nitrogens with zero attached hydrogens (tertiary/aromatic N) is 3. The summed E-state index contributed by atoms with van der Waals surface area (Å²) in [6.07, 6.45) is 4.04. The molecular formula is C23H35N3O4. The number of hydrogen-bond donors (Lipinski definition) is 0. The Kier molecular flexibility index (Phi) is 6.51. The summed E-state index contributed by atoms with van der Waals surface area (Å²) in [6, 6.07) is 5.99. The molecule has 1 atom stereocenters. The Hall–Kier alpha value is -1.83. The molecule has 3 aliphatic rings. The summed E-state index contributed by atoms with van der Waals surface area (Å²) in [5.41, 5.74) is 0.573. The van der Waals surface area contributed by atoms with E-state index in [-0.39, 0.29) is 11.5 Å². The molecule has 3 heterocycles. The normalized spacial score (nSPS) is 25.3. The van der Waals surface area contributed by atoms with Crippen LogP contribution in [0, 0.1) is 0 Å². The highest BCUT2D eigenvalue weighted by Gasteiger charge is 2.43. The third-order valence-electron chi connectivity index (χ3n) is 7.11. The van der Waals surface area contributed by atoms with Gasteiger partial charge >= 0.3 is 0 Å². The third-order valence-corrected chi connectivity index (χ3v) is 7.11. The molecule has 1 aromatic carbocycles. The van der Waals surface area contributed by atoms with Crippen molar-refractivity contribution in [3.8, 4) is 11.5 Å². The highest BCUT2D eigenvalue weighted by atomic mass is 16.5. The van der Waals surface area contributed by atoms with E-state index in [0.717, 1.165) is 71.6 Å². The lowest BCUT2D eigenvalue weighted by Crippen LogP contribution is -2.57. The van der Waals surface area contributed by atoms with Gasteiger partial charge in [-0.15, -0.1) is 0 Å². The minimum atomic E-state index is -0.0688. The van der Waals surface area contributed by atoms with E-state index < -0.39 is 0 Å². The van der Waals surface area contributed by atoms with Gasteiger partial charge in [-0.1, -0.05) is 0 Å². The Morgan fingerprint density at radius 3 is 2.40 bits per heavy atom. The highest BCUT2D eigenvalue weighted by molar-refractivity contribution is 5.95. The average Bonchev–Trinajstić information content (AvgIpc) is 2.79. The quantitative estimate of drug-likeness (QED) is 0.748. The van der Waals surface area contributed by atoms with Gasteiger partial charge in [0.1, 0.15) is 0 Å². The van der Waals surface area contributed by atoms with Crippen molar-refractivity contribution in [1.29, 1.82) is 0 Å². The van der Waals surface area contributed by atoms with Crippen LogP contribution in [0.25, 0.3) is 0 Å². The van der Waals surface area contributed by atoms with Crippen LogP contribution in [0.1, 0.15) is 36.0 Å². The van der Waals surface area contributed by atoms with Crippen molar-refractivity contribution >= 4 is 5.91 Å². The molecule has 1 aromatic rings. The van der Waals surface area contributed by atoms with Gasteiger partial charge in [0.25, 0.3) is 5.91 Å². The molecule has 3 fully saturated rings. The lowest BCUT2D eigenvalue weighted by atomic mass is 9.81. The zero-order valence-corrected chi connectivity index (χ0v) is 18.6. The van der Waals surface area contributed by atoms with Gasteiger partial charge in [0.2, 0.25) is 0 Å². The van der Waals surface area contributed by atoms with Crippen LogP contribution in [0.15, 0.2) is 18.2 Å². The maximum atomic E-state index is 13.1. The van der Waals surface area contributed by atoms with Gasteiger partial charge in [-0.05, 0) is 50.9 Å². The van der Waals surface area contributed by atoms with Crippen molar-refractivity contribution in [2.24, 2.45) is 0 Å². The number of rotatable bonds is 4. The Bertz CT molecular complexity index is 740. The zero-order chi connectivity index (χ0) is 21.1. The Labute approximate surface area is 179 Å². The van der Waals surface area contributed by atoms with E-state index >= 15 is 0 Å². The third kappa shape index (κ3) is 4.43. The monoisotopic (exact) mass is 417 g/mol. The van der Waals surface area contributed by atoms with E-state index in [1.54, 1.807) is 26.4 Å². The van der Waals surface area contributed by atoms with Gasteiger partial charge in [0.05, 0.1) is 19.8 Å². The molecule has 1 spiro atoms. The number of carbonyl (C=O) groups is 1. The number of piperidine rings is 1. The molecule has 7 nitrogen and oxygen atoms in total. The molecule has 0 aliphatic carbocycles. The molecule has 0 aromatic heterocycles. The van der Waals surface area contributed by atoms with Gasteiger partial charge in [-0.2, -0.15) is 0 Å². The van der Waals surface area contributed by atoms with Crippen molar-refractivity contribution in [3.05, 3.63) is 23.8 Å². The van der Waals surface area contributed by atoms with Crippen molar-refractivity contribution in [2.75, 3.05) is 67.1 Å². The summed E-state index contributed by atoms with van der Waals surface area (Å²) in [5.74, 6) is 1.27. The smallest absolute Gasteiger partial charge is 0.253 e. The van der Waals surface area contributed by atoms with E-state index in [9.17, 15) is 4.79 Å². The molecular weight excluding hydrogens is 382 g/mol. The van der Waals surface area contributed by atoms with Crippen LogP contribution in [0.2, 0.25) is 0 Å². The number of likely N-dealkylation sites (N-methyl/N-ethyl adjacent to an activating group) is 1. The van der Waals surface area contributed by atoms with Crippen molar-refractivity contribution in [3.63, 3.8) is 0 Å². The second-order valence-corrected chi connectivity index (χ2v) is 8.88. The first-order chi connectivity index (χ1) is 14.5. The van der Waals surface area contributed by atoms with E-state index in [0.29, 0.717) is 23.1 Å². The summed E-state index contributed by atoms with van der Waals surface area (Å²) >= 11 is 0. The zero-order valence-electron chi connectivity index (χ0n) is 18.6. The topological polar surface area (TPSA) is 54.5 Å². The largest absolute Gasteiger partial charge is 0.493 e. The molecule has 1 unspecified atom stereocenters. The number of likely N-dealkylation sites (tertiary alicyclic amines) is 1. The van der Waals surface area contributed by atoms with E-state index in [1.807, 2.05) is 11.0 Å². The Morgan fingerprint density at radius 1 is 1.03 bits per heavy atom. The number of ether oxygens (including phenoxy) is 3. The molecule has 3 saturated heterocycles. The fourth-order valence-corrected chi connectivity index (χ4v) is 5.12. The fourth-order valence-electron chi connectivity index (χ4n) is 5.12. The molecule has 0 N–H and O–H groups in total. The average molecular weight is 418 g/mol. The fraction of sp³-hybridized carbons (Fsp3) is 0.696. The molecule has 4 rings (SSSR count). The molecule has 0 radical (unpaired) electrons. The van der Waals surface area contributed by atoms with Gasteiger partial charge in [0, 0.05) is 57.5 Å². The molecule has 3 aliphatic heterocycles. The van der Waals surface area contributed by atoms with Gasteiger partial charge in [0.15, 0.2) is 11.5 Å². The van der Waals surface area contributed by atoms with Crippen LogP contribution in [-0.4, -0.2) is 99.4 Å². The van der Waals surface area contributed by atoms with Crippen molar-refractivity contribution < 1.29 is 19.0 Å². The molecule has 7 heteroatoms. The number of benzene rings is 1. The Balaban J connectivity index is 1.36. The van der Waals surface area contributed by atoms with Crippen LogP contribution in [0.5, 0.6) is 11.5 Å². The SMILES string of the molecule is COc1ccc(C(=O)N2CCC3(CC2)CC(N2CCN(C)CC2)CCO3)cc1OC. The predicted molar refractivity (Wildman–Crippen MR) is 115 cm³/mol. The standard InChI is InChI=1S/C23H35N3O4/c1-24-11-13-25(14-12-24)19-6-15-30-23(17-19)7-9-26(10-8-23)22(27)18-4-5-20(28-2)21(16-18)29-3/h4-5,16,19H,6-15,17H2,1-3H3. The maximum Gasteiger partial charge on any atom is 0.253 e. The van der Waals surface area contributed by atoms with Crippen molar-refractivity contribution in [2.45, 2.75) is 37.3 Å². The maximum absolute atomic E-state index is 13.1. The summed E-state index contributed by atoms with van der Waals surface area (Å²) in [6.45, 7) is 6.92.